The molecule has 2 aromatic carbocycles. The number of methoxy groups -OCH3 is 1. The van der Waals surface area contributed by atoms with Crippen LogP contribution in [0.15, 0.2) is 65.3 Å². The van der Waals surface area contributed by atoms with Gasteiger partial charge in [-0.25, -0.2) is 0 Å². The number of furan rings is 1. The van der Waals surface area contributed by atoms with Crippen LogP contribution in [0.3, 0.4) is 0 Å². The van der Waals surface area contributed by atoms with Crippen LogP contribution >= 0.6 is 11.6 Å². The van der Waals surface area contributed by atoms with E-state index in [9.17, 15) is 9.59 Å². The topological polar surface area (TPSA) is 84.3 Å². The number of nitrogens with one attached hydrogen (secondary N) is 1. The zero-order chi connectivity index (χ0) is 23.9. The fraction of sp³-hybridized carbons (Fsp3) is 0.280. The number of piperazine rings is 1. The van der Waals surface area contributed by atoms with E-state index < -0.39 is 0 Å². The molecule has 1 N–H and O–H groups in total. The SMILES string of the molecule is COc1ccc(Cl)cc1CN1CCN(C(=O)COc2cccc(NC(=O)c3ccco3)c2)CC1. The standard InChI is InChI=1S/C25H26ClN3O5/c1-32-22-8-7-19(26)14-18(22)16-28-9-11-29(12-10-28)24(30)17-34-21-5-2-4-20(15-21)27-25(31)23-6-3-13-33-23/h2-8,13-15H,9-12,16-17H2,1H3,(H,27,31). The summed E-state index contributed by atoms with van der Waals surface area (Å²) >= 11 is 6.13. The molecule has 1 aliphatic heterocycles. The van der Waals surface area contributed by atoms with Gasteiger partial charge in [-0.1, -0.05) is 17.7 Å². The summed E-state index contributed by atoms with van der Waals surface area (Å²) in [7, 11) is 1.64. The largest absolute Gasteiger partial charge is 0.496 e. The summed E-state index contributed by atoms with van der Waals surface area (Å²) in [5.74, 6) is 1.09. The fourth-order valence-electron chi connectivity index (χ4n) is 3.77. The lowest BCUT2D eigenvalue weighted by Crippen LogP contribution is -2.49. The van der Waals surface area contributed by atoms with E-state index in [0.717, 1.165) is 24.4 Å². The molecule has 0 bridgehead atoms. The highest BCUT2D eigenvalue weighted by Crippen LogP contribution is 2.24. The molecule has 8 nitrogen and oxygen atoms in total. The molecule has 3 aromatic rings. The van der Waals surface area contributed by atoms with Crippen LogP contribution in [0.4, 0.5) is 5.69 Å². The van der Waals surface area contributed by atoms with Crippen molar-refractivity contribution in [1.29, 1.82) is 0 Å². The van der Waals surface area contributed by atoms with Crippen LogP contribution in [0.2, 0.25) is 5.02 Å². The van der Waals surface area contributed by atoms with Gasteiger partial charge in [0.25, 0.3) is 11.8 Å². The Kier molecular flexibility index (Phi) is 7.72. The Morgan fingerprint density at radius 1 is 1.06 bits per heavy atom. The van der Waals surface area contributed by atoms with Gasteiger partial charge in [0.2, 0.25) is 0 Å². The number of carbonyl (C=O) groups is 2. The molecule has 1 fully saturated rings. The van der Waals surface area contributed by atoms with Crippen LogP contribution in [0, 0.1) is 0 Å². The second-order valence-corrected chi connectivity index (χ2v) is 8.30. The zero-order valence-electron chi connectivity index (χ0n) is 18.8. The minimum absolute atomic E-state index is 0.0717. The summed E-state index contributed by atoms with van der Waals surface area (Å²) < 4.78 is 16.2. The molecule has 0 atom stereocenters. The molecular weight excluding hydrogens is 458 g/mol. The molecule has 2 heterocycles. The number of hydrogen-bond acceptors (Lipinski definition) is 6. The molecule has 0 spiro atoms. The third-order valence-corrected chi connectivity index (χ3v) is 5.80. The quantitative estimate of drug-likeness (QED) is 0.523. The Morgan fingerprint density at radius 2 is 1.88 bits per heavy atom. The van der Waals surface area contributed by atoms with Gasteiger partial charge in [-0.3, -0.25) is 14.5 Å². The van der Waals surface area contributed by atoms with Crippen molar-refractivity contribution in [2.45, 2.75) is 6.54 Å². The van der Waals surface area contributed by atoms with Gasteiger partial charge in [-0.15, -0.1) is 0 Å². The Morgan fingerprint density at radius 3 is 2.62 bits per heavy atom. The maximum absolute atomic E-state index is 12.7. The van der Waals surface area contributed by atoms with Crippen molar-refractivity contribution in [2.75, 3.05) is 45.2 Å². The summed E-state index contributed by atoms with van der Waals surface area (Å²) in [4.78, 5) is 28.9. The van der Waals surface area contributed by atoms with Crippen LogP contribution in [0.25, 0.3) is 0 Å². The average Bonchev–Trinajstić information content (AvgIpc) is 3.39. The summed E-state index contributed by atoms with van der Waals surface area (Å²) in [6.45, 7) is 3.36. The highest BCUT2D eigenvalue weighted by atomic mass is 35.5. The van der Waals surface area contributed by atoms with E-state index in [1.807, 2.05) is 18.2 Å². The first-order chi connectivity index (χ1) is 16.5. The Balaban J connectivity index is 1.25. The predicted octanol–water partition coefficient (Wildman–Crippen LogP) is 3.92. The number of anilines is 1. The number of ether oxygens (including phenoxy) is 2. The van der Waals surface area contributed by atoms with Gasteiger partial charge in [0.05, 0.1) is 13.4 Å². The van der Waals surface area contributed by atoms with Crippen LogP contribution in [0.5, 0.6) is 11.5 Å². The number of carbonyl (C=O) groups excluding carboxylic acids is 2. The molecule has 4 rings (SSSR count). The molecule has 0 unspecified atom stereocenters. The molecule has 0 aliphatic carbocycles. The Hall–Kier alpha value is -3.49. The first-order valence-electron chi connectivity index (χ1n) is 10.9. The van der Waals surface area contributed by atoms with Crippen molar-refractivity contribution in [1.82, 2.24) is 9.80 Å². The molecular formula is C25H26ClN3O5. The van der Waals surface area contributed by atoms with Gasteiger partial charge in [0.1, 0.15) is 11.5 Å². The summed E-state index contributed by atoms with van der Waals surface area (Å²) in [6.07, 6.45) is 1.44. The van der Waals surface area contributed by atoms with Gasteiger partial charge >= 0.3 is 0 Å². The van der Waals surface area contributed by atoms with Crippen molar-refractivity contribution in [3.63, 3.8) is 0 Å². The predicted molar refractivity (Wildman–Crippen MR) is 128 cm³/mol. The lowest BCUT2D eigenvalue weighted by atomic mass is 10.1. The van der Waals surface area contributed by atoms with Gasteiger partial charge in [0.15, 0.2) is 12.4 Å². The van der Waals surface area contributed by atoms with Crippen molar-refractivity contribution >= 4 is 29.1 Å². The minimum atomic E-state index is -0.355. The van der Waals surface area contributed by atoms with E-state index in [0.29, 0.717) is 36.1 Å². The van der Waals surface area contributed by atoms with E-state index in [4.69, 9.17) is 25.5 Å². The monoisotopic (exact) mass is 483 g/mol. The summed E-state index contributed by atoms with van der Waals surface area (Å²) in [5.41, 5.74) is 1.58. The number of amides is 2. The van der Waals surface area contributed by atoms with E-state index in [-0.39, 0.29) is 24.2 Å². The first-order valence-corrected chi connectivity index (χ1v) is 11.3. The molecule has 2 amide bonds. The van der Waals surface area contributed by atoms with Gasteiger partial charge in [-0.2, -0.15) is 0 Å². The zero-order valence-corrected chi connectivity index (χ0v) is 19.6. The lowest BCUT2D eigenvalue weighted by molar-refractivity contribution is -0.135. The van der Waals surface area contributed by atoms with Gasteiger partial charge < -0.3 is 24.1 Å². The van der Waals surface area contributed by atoms with Crippen molar-refractivity contribution in [2.24, 2.45) is 0 Å². The number of halogens is 1. The average molecular weight is 484 g/mol. The molecule has 0 radical (unpaired) electrons. The molecule has 34 heavy (non-hydrogen) atoms. The van der Waals surface area contributed by atoms with E-state index in [1.54, 1.807) is 48.4 Å². The molecule has 1 saturated heterocycles. The van der Waals surface area contributed by atoms with Gasteiger partial charge in [-0.05, 0) is 42.5 Å². The Bertz CT molecular complexity index is 1130. The van der Waals surface area contributed by atoms with E-state index in [2.05, 4.69) is 10.2 Å². The molecule has 0 saturated carbocycles. The third-order valence-electron chi connectivity index (χ3n) is 5.56. The second kappa shape index (κ2) is 11.1. The summed E-state index contributed by atoms with van der Waals surface area (Å²) in [6, 6.07) is 15.7. The molecule has 1 aromatic heterocycles. The molecule has 9 heteroatoms. The number of hydrogen-bond donors (Lipinski definition) is 1. The van der Waals surface area contributed by atoms with Crippen molar-refractivity contribution < 1.29 is 23.5 Å². The highest BCUT2D eigenvalue weighted by molar-refractivity contribution is 6.30. The number of nitrogens with zero attached hydrogens (tertiary/aromatic N) is 2. The van der Waals surface area contributed by atoms with Crippen LogP contribution in [0.1, 0.15) is 16.1 Å². The Labute approximate surface area is 203 Å². The molecule has 178 valence electrons. The minimum Gasteiger partial charge on any atom is -0.496 e. The maximum Gasteiger partial charge on any atom is 0.291 e. The third kappa shape index (κ3) is 6.09. The lowest BCUT2D eigenvalue weighted by Gasteiger charge is -2.35. The first kappa shape index (κ1) is 23.7. The smallest absolute Gasteiger partial charge is 0.291 e. The van der Waals surface area contributed by atoms with Crippen molar-refractivity contribution in [3.8, 4) is 11.5 Å². The summed E-state index contributed by atoms with van der Waals surface area (Å²) in [5, 5.41) is 3.41. The number of benzene rings is 2. The van der Waals surface area contributed by atoms with Crippen LogP contribution in [-0.4, -0.2) is 61.5 Å². The molecule has 1 aliphatic rings. The van der Waals surface area contributed by atoms with Crippen molar-refractivity contribution in [3.05, 3.63) is 77.2 Å². The van der Waals surface area contributed by atoms with Crippen LogP contribution < -0.4 is 14.8 Å². The number of rotatable bonds is 8. The second-order valence-electron chi connectivity index (χ2n) is 7.86. The van der Waals surface area contributed by atoms with Crippen LogP contribution in [-0.2, 0) is 11.3 Å². The highest BCUT2D eigenvalue weighted by Gasteiger charge is 2.22. The fourth-order valence-corrected chi connectivity index (χ4v) is 3.96. The normalized spacial score (nSPS) is 14.0. The maximum atomic E-state index is 12.7. The van der Waals surface area contributed by atoms with E-state index in [1.165, 1.54) is 6.26 Å². The van der Waals surface area contributed by atoms with E-state index >= 15 is 0 Å². The van der Waals surface area contributed by atoms with Gasteiger partial charge in [0, 0.05) is 55.1 Å².